The molecule has 0 amide bonds. The molecule has 60 valence electrons. The molecule has 0 radical (unpaired) electrons. The molecule has 1 rings (SSSR count). The van der Waals surface area contributed by atoms with Crippen LogP contribution in [0.15, 0.2) is 0 Å². The van der Waals surface area contributed by atoms with Crippen LogP contribution >= 0.6 is 11.5 Å². The minimum atomic E-state index is -0.298. The molecule has 0 saturated heterocycles. The highest BCUT2D eigenvalue weighted by atomic mass is 32.1. The fourth-order valence-electron chi connectivity index (χ4n) is 0.698. The van der Waals surface area contributed by atoms with Gasteiger partial charge >= 0.3 is 5.97 Å². The minimum absolute atomic E-state index is 0.298. The maximum atomic E-state index is 11.0. The number of hydrogen-bond acceptors (Lipinski definition) is 4. The van der Waals surface area contributed by atoms with Gasteiger partial charge in [-0.05, 0) is 30.9 Å². The van der Waals surface area contributed by atoms with Gasteiger partial charge in [0.25, 0.3) is 0 Å². The summed E-state index contributed by atoms with van der Waals surface area (Å²) < 4.78 is 8.59. The molecule has 0 bridgehead atoms. The topological polar surface area (TPSA) is 39.2 Å². The molecule has 0 atom stereocenters. The first kappa shape index (κ1) is 8.20. The predicted octanol–water partition coefficient (Wildman–Crippen LogP) is 1.55. The first-order valence-electron chi connectivity index (χ1n) is 3.18. The number of rotatable bonds is 1. The smallest absolute Gasteiger partial charge is 0.349 e. The highest BCUT2D eigenvalue weighted by molar-refractivity contribution is 7.08. The van der Waals surface area contributed by atoms with E-state index in [-0.39, 0.29) is 5.97 Å². The van der Waals surface area contributed by atoms with Crippen LogP contribution in [-0.2, 0) is 4.74 Å². The van der Waals surface area contributed by atoms with Crippen LogP contribution in [0.3, 0.4) is 0 Å². The van der Waals surface area contributed by atoms with Gasteiger partial charge < -0.3 is 4.74 Å². The van der Waals surface area contributed by atoms with Gasteiger partial charge in [0, 0.05) is 0 Å². The molecule has 0 aliphatic heterocycles. The molecule has 1 aromatic rings. The molecular weight excluding hydrogens is 162 g/mol. The molecule has 0 aromatic carbocycles. The van der Waals surface area contributed by atoms with E-state index in [0.29, 0.717) is 4.88 Å². The third-order valence-electron chi connectivity index (χ3n) is 1.53. The van der Waals surface area contributed by atoms with Crippen molar-refractivity contribution in [1.82, 2.24) is 4.37 Å². The molecule has 0 unspecified atom stereocenters. The second-order valence-corrected chi connectivity index (χ2v) is 2.99. The Bertz CT molecular complexity index is 280. The SMILES string of the molecule is COC(=O)c1snc(C)c1C. The van der Waals surface area contributed by atoms with Crippen molar-refractivity contribution < 1.29 is 9.53 Å². The number of ether oxygens (including phenoxy) is 1. The van der Waals surface area contributed by atoms with Gasteiger partial charge in [-0.3, -0.25) is 0 Å². The lowest BCUT2D eigenvalue weighted by Gasteiger charge is -1.94. The van der Waals surface area contributed by atoms with Crippen LogP contribution in [0.1, 0.15) is 20.9 Å². The third kappa shape index (κ3) is 1.40. The third-order valence-corrected chi connectivity index (χ3v) is 2.55. The molecule has 0 saturated carbocycles. The lowest BCUT2D eigenvalue weighted by Crippen LogP contribution is -1.99. The van der Waals surface area contributed by atoms with E-state index in [9.17, 15) is 4.79 Å². The molecular formula is C7H9NO2S. The van der Waals surface area contributed by atoms with Crippen LogP contribution in [0.5, 0.6) is 0 Å². The fraction of sp³-hybridized carbons (Fsp3) is 0.429. The Labute approximate surface area is 69.2 Å². The van der Waals surface area contributed by atoms with Crippen LogP contribution in [0.2, 0.25) is 0 Å². The van der Waals surface area contributed by atoms with Crippen molar-refractivity contribution in [2.75, 3.05) is 7.11 Å². The average molecular weight is 171 g/mol. The van der Waals surface area contributed by atoms with Crippen LogP contribution in [0.4, 0.5) is 0 Å². The second-order valence-electron chi connectivity index (χ2n) is 2.21. The van der Waals surface area contributed by atoms with Crippen molar-refractivity contribution in [3.8, 4) is 0 Å². The van der Waals surface area contributed by atoms with E-state index in [1.54, 1.807) is 0 Å². The number of carbonyl (C=O) groups excluding carboxylic acids is 1. The molecule has 0 aliphatic carbocycles. The van der Waals surface area contributed by atoms with Crippen molar-refractivity contribution in [3.63, 3.8) is 0 Å². The van der Waals surface area contributed by atoms with Crippen molar-refractivity contribution in [3.05, 3.63) is 16.1 Å². The van der Waals surface area contributed by atoms with Crippen molar-refractivity contribution in [2.24, 2.45) is 0 Å². The van der Waals surface area contributed by atoms with E-state index < -0.39 is 0 Å². The lowest BCUT2D eigenvalue weighted by atomic mass is 10.2. The minimum Gasteiger partial charge on any atom is -0.465 e. The fourth-order valence-corrected chi connectivity index (χ4v) is 1.51. The quantitative estimate of drug-likeness (QED) is 0.602. The second kappa shape index (κ2) is 3.00. The van der Waals surface area contributed by atoms with E-state index in [1.165, 1.54) is 18.6 Å². The van der Waals surface area contributed by atoms with Crippen LogP contribution < -0.4 is 0 Å². The van der Waals surface area contributed by atoms with Gasteiger partial charge in [-0.1, -0.05) is 0 Å². The van der Waals surface area contributed by atoms with Crippen LogP contribution in [0, 0.1) is 13.8 Å². The summed E-state index contributed by atoms with van der Waals surface area (Å²) in [6, 6.07) is 0. The van der Waals surface area contributed by atoms with E-state index in [1.807, 2.05) is 13.8 Å². The van der Waals surface area contributed by atoms with Crippen molar-refractivity contribution in [2.45, 2.75) is 13.8 Å². The molecule has 0 aliphatic rings. The maximum absolute atomic E-state index is 11.0. The van der Waals surface area contributed by atoms with Gasteiger partial charge in [0.05, 0.1) is 12.8 Å². The Morgan fingerprint density at radius 2 is 2.18 bits per heavy atom. The zero-order valence-electron chi connectivity index (χ0n) is 6.67. The summed E-state index contributed by atoms with van der Waals surface area (Å²) in [5.74, 6) is -0.298. The Balaban J connectivity index is 3.04. The summed E-state index contributed by atoms with van der Waals surface area (Å²) in [6.07, 6.45) is 0. The number of aryl methyl sites for hydroxylation is 1. The first-order valence-corrected chi connectivity index (χ1v) is 3.95. The van der Waals surface area contributed by atoms with Crippen LogP contribution in [-0.4, -0.2) is 17.5 Å². The molecule has 0 N–H and O–H groups in total. The van der Waals surface area contributed by atoms with E-state index in [4.69, 9.17) is 0 Å². The molecule has 0 spiro atoms. The zero-order chi connectivity index (χ0) is 8.43. The lowest BCUT2D eigenvalue weighted by molar-refractivity contribution is 0.0605. The van der Waals surface area contributed by atoms with Gasteiger partial charge in [0.2, 0.25) is 0 Å². The average Bonchev–Trinajstić information content (AvgIpc) is 2.32. The van der Waals surface area contributed by atoms with Crippen LogP contribution in [0.25, 0.3) is 0 Å². The monoisotopic (exact) mass is 171 g/mol. The molecule has 0 fully saturated rings. The number of esters is 1. The van der Waals surface area contributed by atoms with Crippen molar-refractivity contribution >= 4 is 17.5 Å². The van der Waals surface area contributed by atoms with Crippen molar-refractivity contribution in [1.29, 1.82) is 0 Å². The number of aromatic nitrogens is 1. The van der Waals surface area contributed by atoms with E-state index in [0.717, 1.165) is 11.3 Å². The Morgan fingerprint density at radius 3 is 2.55 bits per heavy atom. The summed E-state index contributed by atoms with van der Waals surface area (Å²) in [6.45, 7) is 3.74. The van der Waals surface area contributed by atoms with Gasteiger partial charge in [-0.15, -0.1) is 0 Å². The Kier molecular flexibility index (Phi) is 2.24. The Hall–Kier alpha value is -0.900. The summed E-state index contributed by atoms with van der Waals surface area (Å²) in [4.78, 5) is 11.6. The predicted molar refractivity (Wildman–Crippen MR) is 42.9 cm³/mol. The molecule has 11 heavy (non-hydrogen) atoms. The zero-order valence-corrected chi connectivity index (χ0v) is 7.49. The maximum Gasteiger partial charge on any atom is 0.349 e. The number of hydrogen-bond donors (Lipinski definition) is 0. The summed E-state index contributed by atoms with van der Waals surface area (Å²) in [5.41, 5.74) is 1.82. The molecule has 1 aromatic heterocycles. The molecule has 4 heteroatoms. The summed E-state index contributed by atoms with van der Waals surface area (Å²) in [5, 5.41) is 0. The summed E-state index contributed by atoms with van der Waals surface area (Å²) in [7, 11) is 1.37. The largest absolute Gasteiger partial charge is 0.465 e. The Morgan fingerprint density at radius 1 is 1.55 bits per heavy atom. The highest BCUT2D eigenvalue weighted by Gasteiger charge is 2.13. The van der Waals surface area contributed by atoms with E-state index in [2.05, 4.69) is 9.11 Å². The van der Waals surface area contributed by atoms with E-state index >= 15 is 0 Å². The van der Waals surface area contributed by atoms with Gasteiger partial charge in [-0.2, -0.15) is 4.37 Å². The standard InChI is InChI=1S/C7H9NO2S/c1-4-5(2)8-11-6(4)7(9)10-3/h1-3H3. The molecule has 1 heterocycles. The van der Waals surface area contributed by atoms with Gasteiger partial charge in [0.15, 0.2) is 0 Å². The van der Waals surface area contributed by atoms with Gasteiger partial charge in [-0.25, -0.2) is 4.79 Å². The molecule has 3 nitrogen and oxygen atoms in total. The number of nitrogens with zero attached hydrogens (tertiary/aromatic N) is 1. The summed E-state index contributed by atoms with van der Waals surface area (Å²) >= 11 is 1.18. The normalized spacial score (nSPS) is 9.73. The highest BCUT2D eigenvalue weighted by Crippen LogP contribution is 2.17. The first-order chi connectivity index (χ1) is 5.16. The number of methoxy groups -OCH3 is 1. The number of carbonyl (C=O) groups is 1. The van der Waals surface area contributed by atoms with Gasteiger partial charge in [0.1, 0.15) is 4.88 Å².